The Bertz CT molecular complexity index is 734. The van der Waals surface area contributed by atoms with E-state index < -0.39 is 22.3 Å². The number of halogens is 2. The zero-order valence-electron chi connectivity index (χ0n) is 10.9. The van der Waals surface area contributed by atoms with Gasteiger partial charge in [0.25, 0.3) is 5.91 Å². The second-order valence-electron chi connectivity index (χ2n) is 4.26. The highest BCUT2D eigenvalue weighted by atomic mass is 79.9. The predicted octanol–water partition coefficient (Wildman–Crippen LogP) is 4.06. The van der Waals surface area contributed by atoms with Gasteiger partial charge in [-0.1, -0.05) is 28.1 Å². The number of hydrogen-bond acceptors (Lipinski definition) is 3. The van der Waals surface area contributed by atoms with Gasteiger partial charge in [0, 0.05) is 10.2 Å². The van der Waals surface area contributed by atoms with Crippen molar-refractivity contribution < 1.29 is 14.1 Å². The van der Waals surface area contributed by atoms with Gasteiger partial charge >= 0.3 is 5.69 Å². The number of nitro benzene ring substituents is 1. The van der Waals surface area contributed by atoms with E-state index in [1.165, 1.54) is 12.1 Å². The van der Waals surface area contributed by atoms with Crippen molar-refractivity contribution in [2.45, 2.75) is 6.92 Å². The van der Waals surface area contributed by atoms with Crippen LogP contribution in [-0.2, 0) is 0 Å². The summed E-state index contributed by atoms with van der Waals surface area (Å²) in [6.45, 7) is 1.78. The molecule has 5 nitrogen and oxygen atoms in total. The Hall–Kier alpha value is -2.28. The molecule has 108 valence electrons. The summed E-state index contributed by atoms with van der Waals surface area (Å²) in [7, 11) is 0. The number of nitrogens with zero attached hydrogens (tertiary/aromatic N) is 1. The molecule has 1 amide bonds. The molecule has 0 aliphatic rings. The second kappa shape index (κ2) is 6.01. The first-order valence-corrected chi connectivity index (χ1v) is 6.70. The van der Waals surface area contributed by atoms with Crippen LogP contribution in [0.4, 0.5) is 15.8 Å². The molecule has 0 atom stereocenters. The van der Waals surface area contributed by atoms with Crippen LogP contribution in [0, 0.1) is 22.9 Å². The first-order chi connectivity index (χ1) is 9.91. The fourth-order valence-corrected chi connectivity index (χ4v) is 2.18. The normalized spacial score (nSPS) is 10.2. The lowest BCUT2D eigenvalue weighted by Gasteiger charge is -2.10. The number of para-hydroxylation sites is 1. The Kier molecular flexibility index (Phi) is 4.32. The number of nitro groups is 1. The molecule has 1 N–H and O–H groups in total. The lowest BCUT2D eigenvalue weighted by atomic mass is 10.1. The number of rotatable bonds is 3. The second-order valence-corrected chi connectivity index (χ2v) is 5.11. The van der Waals surface area contributed by atoms with E-state index in [2.05, 4.69) is 21.2 Å². The fraction of sp³-hybridized carbons (Fsp3) is 0.0714. The Morgan fingerprint density at radius 3 is 2.62 bits per heavy atom. The monoisotopic (exact) mass is 352 g/mol. The predicted molar refractivity (Wildman–Crippen MR) is 79.9 cm³/mol. The quantitative estimate of drug-likeness (QED) is 0.668. The zero-order valence-corrected chi connectivity index (χ0v) is 12.5. The van der Waals surface area contributed by atoms with Crippen LogP contribution in [0.5, 0.6) is 0 Å². The molecule has 0 saturated heterocycles. The molecule has 0 aliphatic carbocycles. The van der Waals surface area contributed by atoms with Crippen molar-refractivity contribution in [2.24, 2.45) is 0 Å². The van der Waals surface area contributed by atoms with Crippen LogP contribution in [0.1, 0.15) is 15.9 Å². The Morgan fingerprint density at radius 1 is 1.29 bits per heavy atom. The van der Waals surface area contributed by atoms with Crippen LogP contribution >= 0.6 is 15.9 Å². The average Bonchev–Trinajstić information content (AvgIpc) is 2.43. The van der Waals surface area contributed by atoms with Crippen molar-refractivity contribution in [3.8, 4) is 0 Å². The van der Waals surface area contributed by atoms with E-state index in [1.54, 1.807) is 25.1 Å². The van der Waals surface area contributed by atoms with Gasteiger partial charge in [-0.05, 0) is 36.8 Å². The minimum Gasteiger partial charge on any atom is -0.321 e. The zero-order chi connectivity index (χ0) is 15.6. The Morgan fingerprint density at radius 2 is 1.95 bits per heavy atom. The third-order valence-corrected chi connectivity index (χ3v) is 3.79. The molecular weight excluding hydrogens is 343 g/mol. The topological polar surface area (TPSA) is 72.2 Å². The molecule has 0 bridgehead atoms. The summed E-state index contributed by atoms with van der Waals surface area (Å²) in [6.07, 6.45) is 0. The summed E-state index contributed by atoms with van der Waals surface area (Å²) in [5.41, 5.74) is 0.111. The van der Waals surface area contributed by atoms with E-state index >= 15 is 0 Å². The molecule has 0 spiro atoms. The van der Waals surface area contributed by atoms with Gasteiger partial charge < -0.3 is 5.32 Å². The van der Waals surface area contributed by atoms with Crippen LogP contribution in [0.2, 0.25) is 0 Å². The van der Waals surface area contributed by atoms with Gasteiger partial charge in [-0.3, -0.25) is 14.9 Å². The highest BCUT2D eigenvalue weighted by Crippen LogP contribution is 2.26. The standard InChI is InChI=1S/C14H10BrFN2O3/c1-8-10(15)5-3-7-12(8)17-14(19)9-4-2-6-11(16)13(9)18(20)21/h2-7H,1H3,(H,17,19). The summed E-state index contributed by atoms with van der Waals surface area (Å²) in [4.78, 5) is 22.2. The summed E-state index contributed by atoms with van der Waals surface area (Å²) in [6, 6.07) is 8.58. The van der Waals surface area contributed by atoms with E-state index in [-0.39, 0.29) is 5.56 Å². The molecule has 0 fully saturated rings. The van der Waals surface area contributed by atoms with Crippen molar-refractivity contribution in [1.29, 1.82) is 0 Å². The number of nitrogens with one attached hydrogen (secondary N) is 1. The molecule has 0 unspecified atom stereocenters. The molecule has 2 rings (SSSR count). The average molecular weight is 353 g/mol. The van der Waals surface area contributed by atoms with E-state index in [1.807, 2.05) is 0 Å². The van der Waals surface area contributed by atoms with Crippen LogP contribution in [0.3, 0.4) is 0 Å². The maximum absolute atomic E-state index is 13.5. The highest BCUT2D eigenvalue weighted by Gasteiger charge is 2.25. The van der Waals surface area contributed by atoms with E-state index in [4.69, 9.17) is 0 Å². The maximum atomic E-state index is 13.5. The van der Waals surface area contributed by atoms with Gasteiger partial charge in [0.05, 0.1) is 4.92 Å². The minimum absolute atomic E-state index is 0.320. The smallest absolute Gasteiger partial charge is 0.317 e. The van der Waals surface area contributed by atoms with Crippen LogP contribution in [0.15, 0.2) is 40.9 Å². The van der Waals surface area contributed by atoms with Crippen molar-refractivity contribution in [3.63, 3.8) is 0 Å². The van der Waals surface area contributed by atoms with Crippen LogP contribution < -0.4 is 5.32 Å². The first kappa shape index (κ1) is 15.1. The largest absolute Gasteiger partial charge is 0.321 e. The number of carbonyl (C=O) groups excluding carboxylic acids is 1. The lowest BCUT2D eigenvalue weighted by molar-refractivity contribution is -0.387. The van der Waals surface area contributed by atoms with Gasteiger partial charge in [-0.25, -0.2) is 0 Å². The summed E-state index contributed by atoms with van der Waals surface area (Å²) >= 11 is 3.32. The Balaban J connectivity index is 2.40. The number of anilines is 1. The van der Waals surface area contributed by atoms with E-state index in [0.29, 0.717) is 5.69 Å². The van der Waals surface area contributed by atoms with Gasteiger partial charge in [-0.15, -0.1) is 0 Å². The number of carbonyl (C=O) groups is 1. The van der Waals surface area contributed by atoms with Gasteiger partial charge in [-0.2, -0.15) is 4.39 Å². The number of hydrogen-bond donors (Lipinski definition) is 1. The van der Waals surface area contributed by atoms with Gasteiger partial charge in [0.2, 0.25) is 5.82 Å². The molecule has 2 aromatic carbocycles. The van der Waals surface area contributed by atoms with Gasteiger partial charge in [0.15, 0.2) is 0 Å². The van der Waals surface area contributed by atoms with Crippen molar-refractivity contribution in [2.75, 3.05) is 5.32 Å². The molecule has 0 aromatic heterocycles. The highest BCUT2D eigenvalue weighted by molar-refractivity contribution is 9.10. The molecule has 7 heteroatoms. The third-order valence-electron chi connectivity index (χ3n) is 2.93. The maximum Gasteiger partial charge on any atom is 0.317 e. The Labute approximate surface area is 128 Å². The third kappa shape index (κ3) is 3.08. The number of benzene rings is 2. The van der Waals surface area contributed by atoms with Crippen molar-refractivity contribution in [1.82, 2.24) is 0 Å². The van der Waals surface area contributed by atoms with Crippen LogP contribution in [-0.4, -0.2) is 10.8 Å². The molecule has 2 aromatic rings. The molecule has 0 heterocycles. The molecule has 0 radical (unpaired) electrons. The van der Waals surface area contributed by atoms with E-state index in [9.17, 15) is 19.3 Å². The minimum atomic E-state index is -1.04. The first-order valence-electron chi connectivity index (χ1n) is 5.91. The lowest BCUT2D eigenvalue weighted by Crippen LogP contribution is -2.15. The SMILES string of the molecule is Cc1c(Br)cccc1NC(=O)c1cccc(F)c1[N+](=O)[O-]. The van der Waals surface area contributed by atoms with Crippen molar-refractivity contribution in [3.05, 3.63) is 67.9 Å². The van der Waals surface area contributed by atoms with Crippen LogP contribution in [0.25, 0.3) is 0 Å². The summed E-state index contributed by atoms with van der Waals surface area (Å²) in [5.74, 6) is -1.78. The molecule has 0 saturated carbocycles. The summed E-state index contributed by atoms with van der Waals surface area (Å²) in [5, 5.41) is 13.4. The molecular formula is C14H10BrFN2O3. The summed E-state index contributed by atoms with van der Waals surface area (Å²) < 4.78 is 14.3. The van der Waals surface area contributed by atoms with Gasteiger partial charge in [0.1, 0.15) is 5.56 Å². The fourth-order valence-electron chi connectivity index (χ4n) is 1.82. The molecule has 0 aliphatic heterocycles. The molecule has 21 heavy (non-hydrogen) atoms. The van der Waals surface area contributed by atoms with E-state index in [0.717, 1.165) is 16.1 Å². The van der Waals surface area contributed by atoms with Crippen molar-refractivity contribution >= 4 is 33.2 Å². The number of amides is 1.